The predicted molar refractivity (Wildman–Crippen MR) is 66.3 cm³/mol. The first-order valence-electron chi connectivity index (χ1n) is 5.94. The van der Waals surface area contributed by atoms with Crippen LogP contribution in [0.15, 0.2) is 23.1 Å². The monoisotopic (exact) mass is 291 g/mol. The molecule has 0 bridgehead atoms. The molecule has 0 aliphatic rings. The van der Waals surface area contributed by atoms with Crippen LogP contribution in [0.5, 0.6) is 0 Å². The van der Waals surface area contributed by atoms with Crippen LogP contribution >= 0.6 is 0 Å². The van der Waals surface area contributed by atoms with Crippen LogP contribution in [0.2, 0.25) is 0 Å². The Hall–Kier alpha value is -1.79. The highest BCUT2D eigenvalue weighted by molar-refractivity contribution is 5.74. The number of rotatable bonds is 2. The molecule has 7 heteroatoms. The van der Waals surface area contributed by atoms with E-state index in [0.717, 1.165) is 10.6 Å². The lowest BCUT2D eigenvalue weighted by molar-refractivity contribution is -0.158. The highest BCUT2D eigenvalue weighted by atomic mass is 19.4. The molecule has 0 saturated heterocycles. The van der Waals surface area contributed by atoms with E-state index in [1.165, 1.54) is 6.92 Å². The van der Waals surface area contributed by atoms with Crippen molar-refractivity contribution in [2.45, 2.75) is 45.5 Å². The fourth-order valence-electron chi connectivity index (χ4n) is 1.47. The maximum Gasteiger partial charge on any atom is 0.417 e. The summed E-state index contributed by atoms with van der Waals surface area (Å²) in [6, 6.07) is 0.327. The Labute approximate surface area is 114 Å². The van der Waals surface area contributed by atoms with E-state index in [4.69, 9.17) is 4.74 Å². The molecular weight excluding hydrogens is 275 g/mol. The summed E-state index contributed by atoms with van der Waals surface area (Å²) in [6.45, 7) is 6.21. The minimum Gasteiger partial charge on any atom is -0.458 e. The average Bonchev–Trinajstić information content (AvgIpc) is 2.24. The van der Waals surface area contributed by atoms with Gasteiger partial charge in [-0.15, -0.1) is 0 Å². The Morgan fingerprint density at radius 1 is 1.25 bits per heavy atom. The van der Waals surface area contributed by atoms with Crippen LogP contribution in [0.3, 0.4) is 0 Å². The van der Waals surface area contributed by atoms with Gasteiger partial charge < -0.3 is 9.30 Å². The third-order valence-electron chi connectivity index (χ3n) is 2.43. The smallest absolute Gasteiger partial charge is 0.417 e. The summed E-state index contributed by atoms with van der Waals surface area (Å²) in [4.78, 5) is 23.4. The molecule has 1 unspecified atom stereocenters. The van der Waals surface area contributed by atoms with Crippen LogP contribution in [-0.2, 0) is 15.7 Å². The summed E-state index contributed by atoms with van der Waals surface area (Å²) >= 11 is 0. The molecule has 1 aromatic rings. The Bertz CT molecular complexity index is 555. The molecule has 0 aromatic carbocycles. The molecule has 1 rings (SSSR count). The predicted octanol–water partition coefficient (Wildman–Crippen LogP) is 2.77. The van der Waals surface area contributed by atoms with E-state index in [-0.39, 0.29) is 0 Å². The summed E-state index contributed by atoms with van der Waals surface area (Å²) in [5, 5.41) is 0. The number of ether oxygens (including phenoxy) is 1. The highest BCUT2D eigenvalue weighted by Gasteiger charge is 2.32. The normalized spacial score (nSPS) is 13.9. The number of esters is 1. The van der Waals surface area contributed by atoms with Gasteiger partial charge in [0.2, 0.25) is 0 Å². The zero-order valence-corrected chi connectivity index (χ0v) is 11.6. The van der Waals surface area contributed by atoms with E-state index in [0.29, 0.717) is 12.3 Å². The molecule has 4 nitrogen and oxygen atoms in total. The summed E-state index contributed by atoms with van der Waals surface area (Å²) in [7, 11) is 0. The molecule has 0 amide bonds. The van der Waals surface area contributed by atoms with Crippen molar-refractivity contribution in [1.82, 2.24) is 4.57 Å². The molecule has 20 heavy (non-hydrogen) atoms. The number of halogens is 3. The number of pyridine rings is 1. The Balaban J connectivity index is 3.13. The van der Waals surface area contributed by atoms with Crippen molar-refractivity contribution in [1.29, 1.82) is 0 Å². The molecule has 1 aromatic heterocycles. The second-order valence-corrected chi connectivity index (χ2v) is 5.37. The molecule has 0 fully saturated rings. The van der Waals surface area contributed by atoms with Gasteiger partial charge in [0.05, 0.1) is 5.56 Å². The van der Waals surface area contributed by atoms with Gasteiger partial charge in [-0.25, -0.2) is 4.79 Å². The number of hydrogen-bond acceptors (Lipinski definition) is 3. The topological polar surface area (TPSA) is 48.3 Å². The van der Waals surface area contributed by atoms with Gasteiger partial charge in [0.1, 0.15) is 11.6 Å². The Morgan fingerprint density at radius 3 is 2.25 bits per heavy atom. The van der Waals surface area contributed by atoms with Crippen molar-refractivity contribution < 1.29 is 22.7 Å². The van der Waals surface area contributed by atoms with Gasteiger partial charge in [0, 0.05) is 12.3 Å². The zero-order valence-electron chi connectivity index (χ0n) is 11.6. The van der Waals surface area contributed by atoms with Gasteiger partial charge in [-0.3, -0.25) is 4.79 Å². The molecule has 0 N–H and O–H groups in total. The number of alkyl halides is 3. The minimum atomic E-state index is -4.58. The number of carbonyl (C=O) groups is 1. The molecule has 0 saturated carbocycles. The first-order valence-corrected chi connectivity index (χ1v) is 5.94. The second-order valence-electron chi connectivity index (χ2n) is 5.37. The van der Waals surface area contributed by atoms with Crippen molar-refractivity contribution in [3.63, 3.8) is 0 Å². The molecule has 112 valence electrons. The van der Waals surface area contributed by atoms with Gasteiger partial charge in [-0.1, -0.05) is 0 Å². The van der Waals surface area contributed by atoms with Crippen molar-refractivity contribution in [3.05, 3.63) is 34.2 Å². The first-order chi connectivity index (χ1) is 8.92. The number of hydrogen-bond donors (Lipinski definition) is 0. The van der Waals surface area contributed by atoms with Crippen LogP contribution in [0.1, 0.15) is 39.3 Å². The van der Waals surface area contributed by atoms with Crippen LogP contribution in [0.4, 0.5) is 13.2 Å². The summed E-state index contributed by atoms with van der Waals surface area (Å²) in [6.07, 6.45) is -3.96. The number of carbonyl (C=O) groups excluding carboxylic acids is 1. The maximum atomic E-state index is 12.6. The number of aromatic nitrogens is 1. The SMILES string of the molecule is CC(C(=O)OC(C)(C)C)n1cc(C(F)(F)F)ccc1=O. The van der Waals surface area contributed by atoms with E-state index in [9.17, 15) is 22.8 Å². The van der Waals surface area contributed by atoms with Crippen LogP contribution in [-0.4, -0.2) is 16.1 Å². The van der Waals surface area contributed by atoms with E-state index >= 15 is 0 Å². The maximum absolute atomic E-state index is 12.6. The lowest BCUT2D eigenvalue weighted by Crippen LogP contribution is -2.33. The van der Waals surface area contributed by atoms with Gasteiger partial charge in [-0.2, -0.15) is 13.2 Å². The highest BCUT2D eigenvalue weighted by Crippen LogP contribution is 2.28. The molecule has 1 heterocycles. The average molecular weight is 291 g/mol. The second kappa shape index (κ2) is 5.30. The van der Waals surface area contributed by atoms with Gasteiger partial charge in [-0.05, 0) is 33.8 Å². The van der Waals surface area contributed by atoms with Crippen LogP contribution < -0.4 is 5.56 Å². The third-order valence-corrected chi connectivity index (χ3v) is 2.43. The van der Waals surface area contributed by atoms with Gasteiger partial charge >= 0.3 is 12.1 Å². The number of nitrogens with zero attached hydrogens (tertiary/aromatic N) is 1. The molecule has 0 aliphatic carbocycles. The Kier molecular flexibility index (Phi) is 4.31. The third kappa shape index (κ3) is 4.11. The molecule has 0 radical (unpaired) electrons. The van der Waals surface area contributed by atoms with Gasteiger partial charge in [0.15, 0.2) is 0 Å². The largest absolute Gasteiger partial charge is 0.458 e. The molecule has 1 atom stereocenters. The van der Waals surface area contributed by atoms with Crippen LogP contribution in [0.25, 0.3) is 0 Å². The van der Waals surface area contributed by atoms with Crippen LogP contribution in [0, 0.1) is 0 Å². The van der Waals surface area contributed by atoms with Gasteiger partial charge in [0.25, 0.3) is 5.56 Å². The quantitative estimate of drug-likeness (QED) is 0.787. The molecule has 0 aliphatic heterocycles. The van der Waals surface area contributed by atoms with E-state index in [1.807, 2.05) is 0 Å². The van der Waals surface area contributed by atoms with Crippen molar-refractivity contribution >= 4 is 5.97 Å². The van der Waals surface area contributed by atoms with E-state index < -0.39 is 34.9 Å². The molecule has 0 spiro atoms. The van der Waals surface area contributed by atoms with Crippen molar-refractivity contribution in [2.75, 3.05) is 0 Å². The summed E-state index contributed by atoms with van der Waals surface area (Å²) in [5.74, 6) is -0.765. The zero-order chi connectivity index (χ0) is 15.7. The standard InChI is InChI=1S/C13H16F3NO3/c1-8(11(19)20-12(2,3)4)17-7-9(13(14,15)16)5-6-10(17)18/h5-8H,1-4H3. The molecular formula is C13H16F3NO3. The lowest BCUT2D eigenvalue weighted by atomic mass is 10.2. The first kappa shape index (κ1) is 16.3. The lowest BCUT2D eigenvalue weighted by Gasteiger charge is -2.23. The van der Waals surface area contributed by atoms with E-state index in [1.54, 1.807) is 20.8 Å². The van der Waals surface area contributed by atoms with Crippen molar-refractivity contribution in [3.8, 4) is 0 Å². The van der Waals surface area contributed by atoms with E-state index in [2.05, 4.69) is 0 Å². The summed E-state index contributed by atoms with van der Waals surface area (Å²) in [5.41, 5.74) is -2.47. The fourth-order valence-corrected chi connectivity index (χ4v) is 1.47. The van der Waals surface area contributed by atoms with Crippen molar-refractivity contribution in [2.24, 2.45) is 0 Å². The summed E-state index contributed by atoms with van der Waals surface area (Å²) < 4.78 is 43.6. The Morgan fingerprint density at radius 2 is 1.80 bits per heavy atom. The fraction of sp³-hybridized carbons (Fsp3) is 0.538. The minimum absolute atomic E-state index is 0.622.